The molecule has 2 aromatic carbocycles. The Kier molecular flexibility index (Phi) is 8.32. The summed E-state index contributed by atoms with van der Waals surface area (Å²) >= 11 is 0. The molecule has 6 nitrogen and oxygen atoms in total. The topological polar surface area (TPSA) is 54.0 Å². The summed E-state index contributed by atoms with van der Waals surface area (Å²) in [5, 5.41) is 3.01. The van der Waals surface area contributed by atoms with Gasteiger partial charge in [0.15, 0.2) is 11.5 Å². The van der Waals surface area contributed by atoms with E-state index in [1.807, 2.05) is 12.1 Å². The van der Waals surface area contributed by atoms with Crippen molar-refractivity contribution < 1.29 is 14.3 Å². The third-order valence-corrected chi connectivity index (χ3v) is 5.57. The number of amides is 1. The number of hydrogen-bond donors (Lipinski definition) is 1. The van der Waals surface area contributed by atoms with Crippen molar-refractivity contribution in [2.75, 3.05) is 52.3 Å². The average molecular weight is 426 g/mol. The van der Waals surface area contributed by atoms with E-state index in [-0.39, 0.29) is 5.91 Å². The molecule has 0 aromatic heterocycles. The highest BCUT2D eigenvalue weighted by Crippen LogP contribution is 2.29. The lowest BCUT2D eigenvalue weighted by atomic mass is 10.1. The number of carbonyl (C=O) groups excluding carboxylic acids is 1. The smallest absolute Gasteiger partial charge is 0.255 e. The molecule has 0 atom stereocenters. The van der Waals surface area contributed by atoms with Crippen molar-refractivity contribution in [3.8, 4) is 11.5 Å². The Labute approximate surface area is 186 Å². The molecule has 0 unspecified atom stereocenters. The van der Waals surface area contributed by atoms with Crippen LogP contribution in [-0.4, -0.2) is 62.7 Å². The standard InChI is InChI=1S/C25H35N3O3/c1-19(2)10-15-31-23-9-8-21(17-24(23)30-4)25(29)26-22-7-5-6-20(16-22)18-28-13-11-27(3)12-14-28/h5-9,16-17,19H,10-15,18H2,1-4H3,(H,26,29). The van der Waals surface area contributed by atoms with Gasteiger partial charge in [0.25, 0.3) is 5.91 Å². The number of nitrogens with zero attached hydrogens (tertiary/aromatic N) is 2. The van der Waals surface area contributed by atoms with E-state index in [1.54, 1.807) is 25.3 Å². The molecular formula is C25H35N3O3. The van der Waals surface area contributed by atoms with Crippen molar-refractivity contribution in [2.45, 2.75) is 26.8 Å². The maximum Gasteiger partial charge on any atom is 0.255 e. The van der Waals surface area contributed by atoms with Crippen LogP contribution in [0.2, 0.25) is 0 Å². The van der Waals surface area contributed by atoms with E-state index in [2.05, 4.69) is 48.1 Å². The van der Waals surface area contributed by atoms with Crippen molar-refractivity contribution in [3.63, 3.8) is 0 Å². The lowest BCUT2D eigenvalue weighted by Crippen LogP contribution is -2.43. The van der Waals surface area contributed by atoms with Gasteiger partial charge in [0.2, 0.25) is 0 Å². The van der Waals surface area contributed by atoms with Crippen molar-refractivity contribution in [3.05, 3.63) is 53.6 Å². The van der Waals surface area contributed by atoms with E-state index in [0.29, 0.717) is 29.6 Å². The highest BCUT2D eigenvalue weighted by atomic mass is 16.5. The van der Waals surface area contributed by atoms with Crippen molar-refractivity contribution >= 4 is 11.6 Å². The minimum Gasteiger partial charge on any atom is -0.493 e. The maximum absolute atomic E-state index is 12.8. The summed E-state index contributed by atoms with van der Waals surface area (Å²) in [4.78, 5) is 17.6. The molecule has 0 spiro atoms. The van der Waals surface area contributed by atoms with Crippen LogP contribution < -0.4 is 14.8 Å². The second kappa shape index (κ2) is 11.2. The van der Waals surface area contributed by atoms with E-state index in [1.165, 1.54) is 5.56 Å². The normalized spacial score (nSPS) is 15.1. The Morgan fingerprint density at radius 1 is 1.06 bits per heavy atom. The number of piperazine rings is 1. The van der Waals surface area contributed by atoms with E-state index < -0.39 is 0 Å². The SMILES string of the molecule is COc1cc(C(=O)Nc2cccc(CN3CCN(C)CC3)c2)ccc1OCCC(C)C. The Balaban J connectivity index is 1.61. The molecule has 1 heterocycles. The van der Waals surface area contributed by atoms with Gasteiger partial charge in [0.1, 0.15) is 0 Å². The van der Waals surface area contributed by atoms with Gasteiger partial charge in [-0.2, -0.15) is 0 Å². The van der Waals surface area contributed by atoms with Crippen LogP contribution >= 0.6 is 0 Å². The van der Waals surface area contributed by atoms with Gasteiger partial charge in [-0.3, -0.25) is 9.69 Å². The number of carbonyl (C=O) groups is 1. The number of hydrogen-bond acceptors (Lipinski definition) is 5. The number of anilines is 1. The monoisotopic (exact) mass is 425 g/mol. The number of benzene rings is 2. The highest BCUT2D eigenvalue weighted by molar-refractivity contribution is 6.04. The first-order valence-electron chi connectivity index (χ1n) is 11.1. The number of nitrogens with one attached hydrogen (secondary N) is 1. The fraction of sp³-hybridized carbons (Fsp3) is 0.480. The maximum atomic E-state index is 12.8. The molecule has 0 radical (unpaired) electrons. The van der Waals surface area contributed by atoms with Crippen molar-refractivity contribution in [1.82, 2.24) is 9.80 Å². The van der Waals surface area contributed by atoms with Gasteiger partial charge >= 0.3 is 0 Å². The quantitative estimate of drug-likeness (QED) is 0.655. The predicted octanol–water partition coefficient (Wildman–Crippen LogP) is 4.12. The molecule has 1 saturated heterocycles. The van der Waals surface area contributed by atoms with Crippen LogP contribution in [0, 0.1) is 5.92 Å². The zero-order valence-corrected chi connectivity index (χ0v) is 19.2. The molecule has 0 aliphatic carbocycles. The zero-order valence-electron chi connectivity index (χ0n) is 19.2. The molecule has 3 rings (SSSR count). The van der Waals surface area contributed by atoms with E-state index in [0.717, 1.165) is 44.8 Å². The van der Waals surface area contributed by atoms with Gasteiger partial charge in [-0.1, -0.05) is 26.0 Å². The van der Waals surface area contributed by atoms with E-state index in [9.17, 15) is 4.79 Å². The number of methoxy groups -OCH3 is 1. The summed E-state index contributed by atoms with van der Waals surface area (Å²) in [6.45, 7) is 10.2. The molecule has 31 heavy (non-hydrogen) atoms. The second-order valence-corrected chi connectivity index (χ2v) is 8.63. The molecule has 1 N–H and O–H groups in total. The number of ether oxygens (including phenoxy) is 2. The molecular weight excluding hydrogens is 390 g/mol. The summed E-state index contributed by atoms with van der Waals surface area (Å²) in [6.07, 6.45) is 0.968. The van der Waals surface area contributed by atoms with Crippen LogP contribution in [0.15, 0.2) is 42.5 Å². The van der Waals surface area contributed by atoms with Crippen LogP contribution in [0.25, 0.3) is 0 Å². The summed E-state index contributed by atoms with van der Waals surface area (Å²) < 4.78 is 11.3. The minimum absolute atomic E-state index is 0.163. The minimum atomic E-state index is -0.163. The van der Waals surface area contributed by atoms with Crippen molar-refractivity contribution in [2.24, 2.45) is 5.92 Å². The van der Waals surface area contributed by atoms with Gasteiger partial charge in [0.05, 0.1) is 13.7 Å². The first-order chi connectivity index (χ1) is 14.9. The summed E-state index contributed by atoms with van der Waals surface area (Å²) in [5.41, 5.74) is 2.54. The van der Waals surface area contributed by atoms with Gasteiger partial charge in [-0.25, -0.2) is 0 Å². The van der Waals surface area contributed by atoms with Gasteiger partial charge in [-0.15, -0.1) is 0 Å². The third-order valence-electron chi connectivity index (χ3n) is 5.57. The molecule has 168 valence electrons. The number of rotatable bonds is 9. The zero-order chi connectivity index (χ0) is 22.2. The van der Waals surface area contributed by atoms with Crippen LogP contribution in [0.5, 0.6) is 11.5 Å². The molecule has 1 amide bonds. The lowest BCUT2D eigenvalue weighted by molar-refractivity contribution is 0.102. The molecule has 1 aliphatic heterocycles. The fourth-order valence-corrected chi connectivity index (χ4v) is 3.55. The summed E-state index contributed by atoms with van der Waals surface area (Å²) in [5.74, 6) is 1.64. The second-order valence-electron chi connectivity index (χ2n) is 8.63. The molecule has 1 fully saturated rings. The van der Waals surface area contributed by atoms with Gasteiger partial charge in [0, 0.05) is 44.0 Å². The van der Waals surface area contributed by atoms with Crippen LogP contribution in [-0.2, 0) is 6.54 Å². The van der Waals surface area contributed by atoms with Crippen LogP contribution in [0.4, 0.5) is 5.69 Å². The third kappa shape index (κ3) is 6.97. The summed E-state index contributed by atoms with van der Waals surface area (Å²) in [7, 11) is 3.75. The van der Waals surface area contributed by atoms with E-state index in [4.69, 9.17) is 9.47 Å². The van der Waals surface area contributed by atoms with Gasteiger partial charge in [-0.05, 0) is 55.3 Å². The first kappa shape index (κ1) is 23.1. The highest BCUT2D eigenvalue weighted by Gasteiger charge is 2.15. The molecule has 1 aliphatic rings. The Hall–Kier alpha value is -2.57. The van der Waals surface area contributed by atoms with Crippen LogP contribution in [0.1, 0.15) is 36.2 Å². The molecule has 6 heteroatoms. The molecule has 2 aromatic rings. The predicted molar refractivity (Wildman–Crippen MR) is 125 cm³/mol. The Morgan fingerprint density at radius 2 is 1.84 bits per heavy atom. The summed E-state index contributed by atoms with van der Waals surface area (Å²) in [6, 6.07) is 13.4. The Morgan fingerprint density at radius 3 is 2.55 bits per heavy atom. The largest absolute Gasteiger partial charge is 0.493 e. The fourth-order valence-electron chi connectivity index (χ4n) is 3.55. The lowest BCUT2D eigenvalue weighted by Gasteiger charge is -2.32. The average Bonchev–Trinajstić information content (AvgIpc) is 2.75. The molecule has 0 saturated carbocycles. The van der Waals surface area contributed by atoms with Gasteiger partial charge < -0.3 is 19.7 Å². The first-order valence-corrected chi connectivity index (χ1v) is 11.1. The molecule has 0 bridgehead atoms. The van der Waals surface area contributed by atoms with E-state index >= 15 is 0 Å². The van der Waals surface area contributed by atoms with Crippen molar-refractivity contribution in [1.29, 1.82) is 0 Å². The Bertz CT molecular complexity index is 861. The number of likely N-dealkylation sites (N-methyl/N-ethyl adjacent to an activating group) is 1. The van der Waals surface area contributed by atoms with Crippen LogP contribution in [0.3, 0.4) is 0 Å².